The molecule has 0 spiro atoms. The summed E-state index contributed by atoms with van der Waals surface area (Å²) in [6.07, 6.45) is 3.11. The van der Waals surface area contributed by atoms with E-state index < -0.39 is 0 Å². The van der Waals surface area contributed by atoms with E-state index in [1.165, 1.54) is 9.75 Å². The van der Waals surface area contributed by atoms with Gasteiger partial charge in [-0.05, 0) is 13.8 Å². The number of hydrogen-bond acceptors (Lipinski definition) is 3. The summed E-state index contributed by atoms with van der Waals surface area (Å²) in [6.45, 7) is 4.05. The van der Waals surface area contributed by atoms with Crippen molar-refractivity contribution in [1.82, 2.24) is 0 Å². The van der Waals surface area contributed by atoms with E-state index in [0.29, 0.717) is 0 Å². The molecule has 1 aromatic rings. The topological polar surface area (TPSA) is 18.5 Å². The molecule has 2 rings (SSSR count). The van der Waals surface area contributed by atoms with E-state index in [0.717, 1.165) is 11.5 Å². The Hall–Kier alpha value is -0.960. The molecule has 0 bridgehead atoms. The monoisotopic (exact) mass is 168 g/mol. The molecule has 0 aromatic carbocycles. The largest absolute Gasteiger partial charge is 0.457 e. The predicted octanol–water partition coefficient (Wildman–Crippen LogP) is 2.61. The van der Waals surface area contributed by atoms with Gasteiger partial charge in [0.05, 0.1) is 0 Å². The summed E-state index contributed by atoms with van der Waals surface area (Å²) in [4.78, 5) is 2.34. The van der Waals surface area contributed by atoms with Crippen LogP contribution in [0.15, 0.2) is 12.5 Å². The maximum Gasteiger partial charge on any atom is 0.183 e. The summed E-state index contributed by atoms with van der Waals surface area (Å²) in [7, 11) is 0. The lowest BCUT2D eigenvalue weighted by Gasteiger charge is -2.08. The molecule has 0 amide bonds. The molecule has 2 nitrogen and oxygen atoms in total. The van der Waals surface area contributed by atoms with Gasteiger partial charge in [-0.2, -0.15) is 0 Å². The molecule has 1 aliphatic heterocycles. The standard InChI is InChI=1S/C8H8O2S/c1-5-7-8(6(2)11-5)10-4-3-9-7/h3-4H,1-2H3. The van der Waals surface area contributed by atoms with E-state index in [1.807, 2.05) is 13.8 Å². The molecule has 0 atom stereocenters. The Balaban J connectivity index is 2.57. The number of rotatable bonds is 0. The number of fused-ring (bicyclic) bond motifs is 1. The van der Waals surface area contributed by atoms with Crippen LogP contribution in [0.2, 0.25) is 0 Å². The molecule has 0 unspecified atom stereocenters. The van der Waals surface area contributed by atoms with Crippen LogP contribution < -0.4 is 9.47 Å². The van der Waals surface area contributed by atoms with Crippen molar-refractivity contribution in [3.8, 4) is 11.5 Å². The Bertz CT molecular complexity index is 284. The molecule has 0 aliphatic carbocycles. The maximum atomic E-state index is 5.28. The third-order valence-electron chi connectivity index (χ3n) is 1.58. The summed E-state index contributed by atoms with van der Waals surface area (Å²) < 4.78 is 10.6. The first-order valence-corrected chi connectivity index (χ1v) is 4.19. The second-order valence-corrected chi connectivity index (χ2v) is 3.81. The average molecular weight is 168 g/mol. The Morgan fingerprint density at radius 2 is 1.45 bits per heavy atom. The molecule has 0 saturated heterocycles. The van der Waals surface area contributed by atoms with Crippen LogP contribution in [-0.2, 0) is 0 Å². The summed E-state index contributed by atoms with van der Waals surface area (Å²) in [5, 5.41) is 0. The summed E-state index contributed by atoms with van der Waals surface area (Å²) in [5.74, 6) is 1.74. The van der Waals surface area contributed by atoms with Crippen molar-refractivity contribution in [1.29, 1.82) is 0 Å². The van der Waals surface area contributed by atoms with Crippen molar-refractivity contribution in [2.24, 2.45) is 0 Å². The second-order valence-electron chi connectivity index (χ2n) is 2.38. The first kappa shape index (κ1) is 6.73. The van der Waals surface area contributed by atoms with Gasteiger partial charge in [-0.1, -0.05) is 0 Å². The van der Waals surface area contributed by atoms with Crippen LogP contribution in [0, 0.1) is 13.8 Å². The van der Waals surface area contributed by atoms with E-state index >= 15 is 0 Å². The van der Waals surface area contributed by atoms with Gasteiger partial charge in [-0.15, -0.1) is 11.3 Å². The quantitative estimate of drug-likeness (QED) is 0.592. The fraction of sp³-hybridized carbons (Fsp3) is 0.250. The zero-order chi connectivity index (χ0) is 7.84. The first-order valence-electron chi connectivity index (χ1n) is 3.37. The number of ether oxygens (including phenoxy) is 2. The van der Waals surface area contributed by atoms with Gasteiger partial charge in [-0.3, -0.25) is 0 Å². The van der Waals surface area contributed by atoms with Gasteiger partial charge < -0.3 is 9.47 Å². The average Bonchev–Trinajstić information content (AvgIpc) is 2.30. The minimum absolute atomic E-state index is 0.870. The highest BCUT2D eigenvalue weighted by Gasteiger charge is 2.16. The molecule has 0 N–H and O–H groups in total. The van der Waals surface area contributed by atoms with Gasteiger partial charge in [0.2, 0.25) is 0 Å². The lowest BCUT2D eigenvalue weighted by atomic mass is 10.3. The molecule has 0 fully saturated rings. The molecule has 0 saturated carbocycles. The van der Waals surface area contributed by atoms with Gasteiger partial charge in [-0.25, -0.2) is 0 Å². The third kappa shape index (κ3) is 0.922. The van der Waals surface area contributed by atoms with Crippen molar-refractivity contribution in [2.75, 3.05) is 0 Å². The Morgan fingerprint density at radius 3 is 1.91 bits per heavy atom. The van der Waals surface area contributed by atoms with Crippen LogP contribution in [-0.4, -0.2) is 0 Å². The highest BCUT2D eigenvalue weighted by Crippen LogP contribution is 2.42. The normalized spacial score (nSPS) is 13.6. The lowest BCUT2D eigenvalue weighted by molar-refractivity contribution is 0.361. The molecule has 0 radical (unpaired) electrons. The first-order chi connectivity index (χ1) is 5.29. The van der Waals surface area contributed by atoms with Gasteiger partial charge in [0.1, 0.15) is 12.5 Å². The molecule has 58 valence electrons. The molecule has 1 aromatic heterocycles. The van der Waals surface area contributed by atoms with Gasteiger partial charge >= 0.3 is 0 Å². The summed E-state index contributed by atoms with van der Waals surface area (Å²) in [5.41, 5.74) is 0. The molecule has 3 heteroatoms. The van der Waals surface area contributed by atoms with Crippen LogP contribution in [0.3, 0.4) is 0 Å². The zero-order valence-corrected chi connectivity index (χ0v) is 7.20. The van der Waals surface area contributed by atoms with E-state index in [1.54, 1.807) is 23.9 Å². The van der Waals surface area contributed by atoms with Crippen LogP contribution in [0.25, 0.3) is 0 Å². The van der Waals surface area contributed by atoms with Gasteiger partial charge in [0.15, 0.2) is 11.5 Å². The van der Waals surface area contributed by atoms with Crippen LogP contribution in [0.1, 0.15) is 9.75 Å². The molecule has 1 aliphatic rings. The Morgan fingerprint density at radius 1 is 1.00 bits per heavy atom. The van der Waals surface area contributed by atoms with E-state index in [-0.39, 0.29) is 0 Å². The smallest absolute Gasteiger partial charge is 0.183 e. The van der Waals surface area contributed by atoms with Crippen molar-refractivity contribution < 1.29 is 9.47 Å². The van der Waals surface area contributed by atoms with Crippen molar-refractivity contribution in [2.45, 2.75) is 13.8 Å². The van der Waals surface area contributed by atoms with Crippen molar-refractivity contribution in [3.63, 3.8) is 0 Å². The van der Waals surface area contributed by atoms with E-state index in [2.05, 4.69) is 0 Å². The minimum Gasteiger partial charge on any atom is -0.457 e. The lowest BCUT2D eigenvalue weighted by Crippen LogP contribution is -1.94. The second kappa shape index (κ2) is 2.27. The van der Waals surface area contributed by atoms with Crippen LogP contribution >= 0.6 is 11.3 Å². The SMILES string of the molecule is Cc1sc(C)c2c1OC=CO2. The highest BCUT2D eigenvalue weighted by molar-refractivity contribution is 7.12. The van der Waals surface area contributed by atoms with Crippen LogP contribution in [0.4, 0.5) is 0 Å². The summed E-state index contributed by atoms with van der Waals surface area (Å²) >= 11 is 1.69. The maximum absolute atomic E-state index is 5.28. The predicted molar refractivity (Wildman–Crippen MR) is 44.2 cm³/mol. The van der Waals surface area contributed by atoms with Gasteiger partial charge in [0, 0.05) is 9.75 Å². The number of hydrogen-bond donors (Lipinski definition) is 0. The van der Waals surface area contributed by atoms with Crippen molar-refractivity contribution in [3.05, 3.63) is 22.3 Å². The van der Waals surface area contributed by atoms with Gasteiger partial charge in [0.25, 0.3) is 0 Å². The Labute approximate surface area is 69.1 Å². The van der Waals surface area contributed by atoms with Crippen LogP contribution in [0.5, 0.6) is 11.5 Å². The molecular formula is C8H8O2S. The Kier molecular flexibility index (Phi) is 1.39. The van der Waals surface area contributed by atoms with E-state index in [9.17, 15) is 0 Å². The fourth-order valence-electron chi connectivity index (χ4n) is 1.11. The number of aryl methyl sites for hydroxylation is 2. The summed E-state index contributed by atoms with van der Waals surface area (Å²) in [6, 6.07) is 0. The molecule has 11 heavy (non-hydrogen) atoms. The minimum atomic E-state index is 0.870. The molecular weight excluding hydrogens is 160 g/mol. The van der Waals surface area contributed by atoms with Crippen molar-refractivity contribution >= 4 is 11.3 Å². The molecule has 2 heterocycles. The van der Waals surface area contributed by atoms with E-state index in [4.69, 9.17) is 9.47 Å². The zero-order valence-electron chi connectivity index (χ0n) is 6.38. The highest BCUT2D eigenvalue weighted by atomic mass is 32.1. The fourth-order valence-corrected chi connectivity index (χ4v) is 2.03. The third-order valence-corrected chi connectivity index (χ3v) is 2.56. The number of thiophene rings is 1.